The zero-order valence-electron chi connectivity index (χ0n) is 33.7. The van der Waals surface area contributed by atoms with Gasteiger partial charge in [-0.3, -0.25) is 0 Å². The Kier molecular flexibility index (Phi) is 7.59. The molecule has 2 aliphatic carbocycles. The lowest BCUT2D eigenvalue weighted by atomic mass is 9.79. The first-order chi connectivity index (χ1) is 28.2. The highest BCUT2D eigenvalue weighted by Crippen LogP contribution is 2.55. The molecule has 0 spiro atoms. The van der Waals surface area contributed by atoms with Crippen LogP contribution in [0.3, 0.4) is 0 Å². The van der Waals surface area contributed by atoms with Gasteiger partial charge in [0.2, 0.25) is 0 Å². The maximum Gasteiger partial charge on any atom is 0.0361 e. The highest BCUT2D eigenvalue weighted by molar-refractivity contribution is 7.26. The molecular weight excluding hydrogens is 717 g/mol. The summed E-state index contributed by atoms with van der Waals surface area (Å²) in [6.07, 6.45) is 4.46. The fourth-order valence-electron chi connectivity index (χ4n) is 10.8. The lowest BCUT2D eigenvalue weighted by Gasteiger charge is -2.24. The lowest BCUT2D eigenvalue weighted by Crippen LogP contribution is -2.15. The van der Waals surface area contributed by atoms with Gasteiger partial charge < -0.3 is 0 Å². The minimum absolute atomic E-state index is 0.0821. The van der Waals surface area contributed by atoms with E-state index in [9.17, 15) is 0 Å². The molecule has 0 nitrogen and oxygen atoms in total. The number of allylic oxidation sites excluding steroid dienone is 5. The fourth-order valence-corrected chi connectivity index (χ4v) is 11.9. The van der Waals surface area contributed by atoms with Crippen LogP contribution in [0, 0.1) is 0 Å². The molecule has 0 amide bonds. The Hall–Kier alpha value is -6.28. The average molecular weight is 761 g/mol. The second-order valence-electron chi connectivity index (χ2n) is 17.1. The van der Waals surface area contributed by atoms with Gasteiger partial charge in [-0.25, -0.2) is 0 Å². The van der Waals surface area contributed by atoms with Crippen LogP contribution < -0.4 is 0 Å². The van der Waals surface area contributed by atoms with Crippen LogP contribution in [0.5, 0.6) is 0 Å². The zero-order chi connectivity index (χ0) is 39.5. The molecule has 0 atom stereocenters. The average Bonchev–Trinajstić information content (AvgIpc) is 3.83. The second kappa shape index (κ2) is 12.6. The molecule has 0 unspecified atom stereocenters. The second-order valence-corrected chi connectivity index (χ2v) is 18.2. The van der Waals surface area contributed by atoms with Crippen molar-refractivity contribution in [3.8, 4) is 33.4 Å². The highest BCUT2D eigenvalue weighted by atomic mass is 32.1. The SMILES string of the molecule is C=C/C(=C1\C(=C/C)C(C)(C)c2ccccc21)c1c2ccccc2c(-c2cccc3sc4ccccc4c23)c2ccc(-c3ccc4c(c3)C(C)(C)c3ccccc3-4)cc12. The number of fused-ring (bicyclic) bond motifs is 9. The monoisotopic (exact) mass is 760 g/mol. The van der Waals surface area contributed by atoms with Crippen molar-refractivity contribution in [1.82, 2.24) is 0 Å². The minimum Gasteiger partial charge on any atom is -0.135 e. The smallest absolute Gasteiger partial charge is 0.0361 e. The van der Waals surface area contributed by atoms with Gasteiger partial charge in [-0.1, -0.05) is 174 Å². The Morgan fingerprint density at radius 2 is 1.09 bits per heavy atom. The summed E-state index contributed by atoms with van der Waals surface area (Å²) in [7, 11) is 0. The van der Waals surface area contributed by atoms with E-state index in [1.165, 1.54) is 120 Å². The van der Waals surface area contributed by atoms with Crippen LogP contribution in [0.2, 0.25) is 0 Å². The number of hydrogen-bond acceptors (Lipinski definition) is 1. The number of rotatable bonds is 4. The molecule has 0 radical (unpaired) electrons. The molecule has 1 aromatic heterocycles. The van der Waals surface area contributed by atoms with E-state index in [1.54, 1.807) is 0 Å². The summed E-state index contributed by atoms with van der Waals surface area (Å²) >= 11 is 1.88. The fraction of sp³-hybridized carbons (Fsp3) is 0.123. The van der Waals surface area contributed by atoms with Crippen LogP contribution in [0.4, 0.5) is 0 Å². The minimum atomic E-state index is -0.143. The number of thiophene rings is 1. The summed E-state index contributed by atoms with van der Waals surface area (Å²) in [5.74, 6) is 0. The van der Waals surface area contributed by atoms with Gasteiger partial charge in [-0.05, 0) is 131 Å². The summed E-state index contributed by atoms with van der Waals surface area (Å²) in [5.41, 5.74) is 18.0. The first-order valence-corrected chi connectivity index (χ1v) is 21.3. The Labute approximate surface area is 345 Å². The lowest BCUT2D eigenvalue weighted by molar-refractivity contribution is 0.660. The molecule has 2 aliphatic rings. The topological polar surface area (TPSA) is 0 Å². The first-order valence-electron chi connectivity index (χ1n) is 20.5. The molecule has 58 heavy (non-hydrogen) atoms. The van der Waals surface area contributed by atoms with Gasteiger partial charge in [0.15, 0.2) is 0 Å². The molecule has 0 saturated heterocycles. The van der Waals surface area contributed by atoms with Crippen molar-refractivity contribution in [2.24, 2.45) is 0 Å². The first kappa shape index (κ1) is 34.9. The van der Waals surface area contributed by atoms with E-state index < -0.39 is 0 Å². The number of benzene rings is 8. The Balaban J connectivity index is 1.27. The van der Waals surface area contributed by atoms with E-state index in [0.29, 0.717) is 0 Å². The molecule has 278 valence electrons. The standard InChI is InChI=1S/C57H44S/c1-7-36(54-42-21-12-15-25-48(42)56(3,4)46(54)8-2)52-39-19-9-10-20-40(39)53(44-23-17-27-51-55(44)43-22-13-16-26-50(43)58-51)41-31-29-34(32-45(41)52)35-28-30-38-37-18-11-14-24-47(37)57(5,6)49(38)33-35/h7-33H,1H2,2-6H3/b46-8+,54-36+. The highest BCUT2D eigenvalue weighted by Gasteiger charge is 2.39. The van der Waals surface area contributed by atoms with Crippen LogP contribution in [0.15, 0.2) is 176 Å². The molecular formula is C57H44S. The molecule has 1 heteroatoms. The number of hydrogen-bond donors (Lipinski definition) is 0. The zero-order valence-corrected chi connectivity index (χ0v) is 34.5. The summed E-state index contributed by atoms with van der Waals surface area (Å²) in [6, 6.07) is 57.1. The van der Waals surface area contributed by atoms with E-state index in [-0.39, 0.29) is 10.8 Å². The maximum atomic E-state index is 4.61. The van der Waals surface area contributed by atoms with Crippen LogP contribution >= 0.6 is 11.3 Å². The maximum absolute atomic E-state index is 4.61. The normalized spacial score (nSPS) is 16.6. The molecule has 0 saturated carbocycles. The third-order valence-corrected chi connectivity index (χ3v) is 14.6. The van der Waals surface area contributed by atoms with Crippen LogP contribution in [0.25, 0.3) is 86.2 Å². The van der Waals surface area contributed by atoms with Gasteiger partial charge in [-0.15, -0.1) is 11.3 Å². The molecule has 0 fully saturated rings. The van der Waals surface area contributed by atoms with Crippen molar-refractivity contribution in [2.45, 2.75) is 45.4 Å². The predicted octanol–water partition coefficient (Wildman–Crippen LogP) is 16.3. The molecule has 8 aromatic carbocycles. The molecule has 0 bridgehead atoms. The Morgan fingerprint density at radius 1 is 0.500 bits per heavy atom. The summed E-state index contributed by atoms with van der Waals surface area (Å²) in [6.45, 7) is 16.3. The summed E-state index contributed by atoms with van der Waals surface area (Å²) in [4.78, 5) is 0. The van der Waals surface area contributed by atoms with Gasteiger partial charge in [0.05, 0.1) is 0 Å². The van der Waals surface area contributed by atoms with Crippen LogP contribution in [-0.4, -0.2) is 0 Å². The molecule has 11 rings (SSSR count). The van der Waals surface area contributed by atoms with E-state index in [0.717, 1.165) is 0 Å². The van der Waals surface area contributed by atoms with Gasteiger partial charge in [0.1, 0.15) is 0 Å². The third kappa shape index (κ3) is 4.74. The van der Waals surface area contributed by atoms with Gasteiger partial charge in [-0.2, -0.15) is 0 Å². The van der Waals surface area contributed by atoms with Crippen molar-refractivity contribution in [3.05, 3.63) is 204 Å². The predicted molar refractivity (Wildman–Crippen MR) is 253 cm³/mol. The third-order valence-electron chi connectivity index (χ3n) is 13.5. The summed E-state index contributed by atoms with van der Waals surface area (Å²) in [5, 5.41) is 7.63. The van der Waals surface area contributed by atoms with Crippen molar-refractivity contribution in [1.29, 1.82) is 0 Å². The molecule has 1 heterocycles. The van der Waals surface area contributed by atoms with E-state index in [4.69, 9.17) is 0 Å². The Bertz CT molecular complexity index is 3300. The van der Waals surface area contributed by atoms with Crippen molar-refractivity contribution >= 4 is 64.2 Å². The van der Waals surface area contributed by atoms with Crippen LogP contribution in [-0.2, 0) is 10.8 Å². The van der Waals surface area contributed by atoms with Crippen LogP contribution in [0.1, 0.15) is 62.4 Å². The Morgan fingerprint density at radius 3 is 1.86 bits per heavy atom. The van der Waals surface area contributed by atoms with Crippen molar-refractivity contribution in [3.63, 3.8) is 0 Å². The summed E-state index contributed by atoms with van der Waals surface area (Å²) < 4.78 is 2.63. The van der Waals surface area contributed by atoms with Gasteiger partial charge in [0, 0.05) is 31.0 Å². The van der Waals surface area contributed by atoms with Gasteiger partial charge in [0.25, 0.3) is 0 Å². The van der Waals surface area contributed by atoms with Gasteiger partial charge >= 0.3 is 0 Å². The molecule has 0 aliphatic heterocycles. The molecule has 9 aromatic rings. The quantitative estimate of drug-likeness (QED) is 0.157. The van der Waals surface area contributed by atoms with E-state index in [1.807, 2.05) is 11.3 Å². The largest absolute Gasteiger partial charge is 0.135 e. The van der Waals surface area contributed by atoms with E-state index in [2.05, 4.69) is 205 Å². The van der Waals surface area contributed by atoms with Crippen molar-refractivity contribution < 1.29 is 0 Å². The van der Waals surface area contributed by atoms with E-state index >= 15 is 0 Å². The molecule has 0 N–H and O–H groups in total. The van der Waals surface area contributed by atoms with Crippen molar-refractivity contribution in [2.75, 3.05) is 0 Å².